The van der Waals surface area contributed by atoms with Gasteiger partial charge in [0.25, 0.3) is 0 Å². The van der Waals surface area contributed by atoms with E-state index in [9.17, 15) is 14.0 Å². The Balaban J connectivity index is 1.97. The molecule has 0 unspecified atom stereocenters. The van der Waals surface area contributed by atoms with Crippen LogP contribution in [-0.4, -0.2) is 17.0 Å². The summed E-state index contributed by atoms with van der Waals surface area (Å²) in [6.07, 6.45) is 0.678. The molecule has 21 heavy (non-hydrogen) atoms. The van der Waals surface area contributed by atoms with Gasteiger partial charge in [0.15, 0.2) is 0 Å². The molecule has 110 valence electrons. The largest absolute Gasteiger partial charge is 0.477 e. The summed E-state index contributed by atoms with van der Waals surface area (Å²) in [6.45, 7) is 1.75. The van der Waals surface area contributed by atoms with E-state index in [-0.39, 0.29) is 23.0 Å². The summed E-state index contributed by atoms with van der Waals surface area (Å²) in [7, 11) is 0. The molecule has 1 aromatic carbocycles. The molecular formula is C15H14FNO3S. The van der Waals surface area contributed by atoms with Crippen molar-refractivity contribution in [1.29, 1.82) is 0 Å². The molecule has 0 radical (unpaired) electrons. The Kier molecular flexibility index (Phi) is 4.70. The molecule has 2 rings (SSSR count). The van der Waals surface area contributed by atoms with Crippen LogP contribution in [0.15, 0.2) is 29.6 Å². The van der Waals surface area contributed by atoms with Gasteiger partial charge in [0.1, 0.15) is 10.7 Å². The van der Waals surface area contributed by atoms with E-state index in [1.165, 1.54) is 12.1 Å². The lowest BCUT2D eigenvalue weighted by Gasteiger charge is -2.06. The van der Waals surface area contributed by atoms with Gasteiger partial charge in [-0.15, -0.1) is 11.3 Å². The first-order valence-electron chi connectivity index (χ1n) is 6.33. The van der Waals surface area contributed by atoms with Gasteiger partial charge < -0.3 is 10.4 Å². The maximum atomic E-state index is 12.8. The van der Waals surface area contributed by atoms with Crippen LogP contribution in [0.3, 0.4) is 0 Å². The first-order chi connectivity index (χ1) is 9.97. The van der Waals surface area contributed by atoms with Crippen LogP contribution in [0, 0.1) is 12.7 Å². The average Bonchev–Trinajstić information content (AvgIpc) is 2.80. The van der Waals surface area contributed by atoms with E-state index in [1.807, 2.05) is 0 Å². The van der Waals surface area contributed by atoms with Crippen molar-refractivity contribution in [1.82, 2.24) is 0 Å². The lowest BCUT2D eigenvalue weighted by molar-refractivity contribution is -0.116. The Labute approximate surface area is 125 Å². The zero-order chi connectivity index (χ0) is 15.4. The third-order valence-electron chi connectivity index (χ3n) is 2.99. The Morgan fingerprint density at radius 2 is 1.95 bits per heavy atom. The van der Waals surface area contributed by atoms with Crippen molar-refractivity contribution < 1.29 is 19.1 Å². The minimum atomic E-state index is -1.05. The van der Waals surface area contributed by atoms with Crippen molar-refractivity contribution in [3.8, 4) is 0 Å². The lowest BCUT2D eigenvalue weighted by Crippen LogP contribution is -2.14. The molecule has 6 heteroatoms. The van der Waals surface area contributed by atoms with Crippen LogP contribution in [0.2, 0.25) is 0 Å². The molecular weight excluding hydrogens is 293 g/mol. The van der Waals surface area contributed by atoms with E-state index in [4.69, 9.17) is 5.11 Å². The van der Waals surface area contributed by atoms with E-state index in [0.29, 0.717) is 12.1 Å². The molecule has 0 fully saturated rings. The number of thiophene rings is 1. The SMILES string of the molecule is Cc1csc(C(=O)O)c1NC(=O)CCc1ccc(F)cc1. The number of aryl methyl sites for hydroxylation is 2. The van der Waals surface area contributed by atoms with Crippen LogP contribution in [-0.2, 0) is 11.2 Å². The van der Waals surface area contributed by atoms with Crippen LogP contribution in [0.4, 0.5) is 10.1 Å². The molecule has 4 nitrogen and oxygen atoms in total. The number of carbonyl (C=O) groups excluding carboxylic acids is 1. The number of anilines is 1. The summed E-state index contributed by atoms with van der Waals surface area (Å²) in [4.78, 5) is 23.1. The Morgan fingerprint density at radius 3 is 2.57 bits per heavy atom. The number of hydrogen-bond acceptors (Lipinski definition) is 3. The van der Waals surface area contributed by atoms with Crippen molar-refractivity contribution in [2.75, 3.05) is 5.32 Å². The monoisotopic (exact) mass is 307 g/mol. The molecule has 0 saturated heterocycles. The van der Waals surface area contributed by atoms with Gasteiger partial charge in [-0.05, 0) is 42.0 Å². The Morgan fingerprint density at radius 1 is 1.29 bits per heavy atom. The first-order valence-corrected chi connectivity index (χ1v) is 7.21. The van der Waals surface area contributed by atoms with Crippen LogP contribution in [0.1, 0.15) is 27.2 Å². The highest BCUT2D eigenvalue weighted by molar-refractivity contribution is 7.12. The van der Waals surface area contributed by atoms with Crippen molar-refractivity contribution >= 4 is 28.9 Å². The second-order valence-electron chi connectivity index (χ2n) is 4.60. The summed E-state index contributed by atoms with van der Waals surface area (Å²) >= 11 is 1.09. The molecule has 2 aromatic rings. The minimum absolute atomic E-state index is 0.127. The Bertz CT molecular complexity index is 664. The number of rotatable bonds is 5. The van der Waals surface area contributed by atoms with Crippen LogP contribution >= 0.6 is 11.3 Å². The van der Waals surface area contributed by atoms with Crippen molar-refractivity contribution in [3.63, 3.8) is 0 Å². The summed E-state index contributed by atoms with van der Waals surface area (Å²) in [6, 6.07) is 5.94. The van der Waals surface area contributed by atoms with Gasteiger partial charge in [0.05, 0.1) is 5.69 Å². The lowest BCUT2D eigenvalue weighted by atomic mass is 10.1. The number of hydrogen-bond donors (Lipinski definition) is 2. The summed E-state index contributed by atoms with van der Waals surface area (Å²) in [5, 5.41) is 13.4. The normalized spacial score (nSPS) is 10.4. The third kappa shape index (κ3) is 3.88. The van der Waals surface area contributed by atoms with Gasteiger partial charge in [-0.3, -0.25) is 4.79 Å². The van der Waals surface area contributed by atoms with Gasteiger partial charge in [-0.2, -0.15) is 0 Å². The molecule has 1 heterocycles. The second-order valence-corrected chi connectivity index (χ2v) is 5.48. The molecule has 2 N–H and O–H groups in total. The van der Waals surface area contributed by atoms with Gasteiger partial charge in [-0.25, -0.2) is 9.18 Å². The van der Waals surface area contributed by atoms with Crippen molar-refractivity contribution in [3.05, 3.63) is 51.5 Å². The predicted molar refractivity (Wildman–Crippen MR) is 79.4 cm³/mol. The van der Waals surface area contributed by atoms with E-state index in [1.54, 1.807) is 24.4 Å². The van der Waals surface area contributed by atoms with E-state index in [2.05, 4.69) is 5.32 Å². The second kappa shape index (κ2) is 6.49. The molecule has 0 spiro atoms. The molecule has 0 aliphatic rings. The number of amides is 1. The number of carboxylic acid groups (broad SMARTS) is 1. The van der Waals surface area contributed by atoms with Gasteiger partial charge in [-0.1, -0.05) is 12.1 Å². The molecule has 0 bridgehead atoms. The summed E-state index contributed by atoms with van der Waals surface area (Å²) in [5.74, 6) is -1.63. The summed E-state index contributed by atoms with van der Waals surface area (Å²) in [5.41, 5.74) is 1.94. The first kappa shape index (κ1) is 15.2. The molecule has 1 aromatic heterocycles. The zero-order valence-electron chi connectivity index (χ0n) is 11.4. The van der Waals surface area contributed by atoms with E-state index < -0.39 is 5.97 Å². The molecule has 0 saturated carbocycles. The van der Waals surface area contributed by atoms with Crippen LogP contribution in [0.25, 0.3) is 0 Å². The predicted octanol–water partition coefficient (Wildman–Crippen LogP) is 3.47. The fourth-order valence-electron chi connectivity index (χ4n) is 1.87. The zero-order valence-corrected chi connectivity index (χ0v) is 12.2. The smallest absolute Gasteiger partial charge is 0.348 e. The highest BCUT2D eigenvalue weighted by Gasteiger charge is 2.17. The summed E-state index contributed by atoms with van der Waals surface area (Å²) < 4.78 is 12.8. The minimum Gasteiger partial charge on any atom is -0.477 e. The number of carbonyl (C=O) groups is 2. The number of aromatic carboxylic acids is 1. The third-order valence-corrected chi connectivity index (χ3v) is 4.07. The van der Waals surface area contributed by atoms with E-state index >= 15 is 0 Å². The topological polar surface area (TPSA) is 66.4 Å². The van der Waals surface area contributed by atoms with Gasteiger partial charge >= 0.3 is 5.97 Å². The maximum Gasteiger partial charge on any atom is 0.348 e. The van der Waals surface area contributed by atoms with Crippen LogP contribution < -0.4 is 5.32 Å². The average molecular weight is 307 g/mol. The van der Waals surface area contributed by atoms with Crippen LogP contribution in [0.5, 0.6) is 0 Å². The van der Waals surface area contributed by atoms with E-state index in [0.717, 1.165) is 22.5 Å². The number of carboxylic acids is 1. The highest BCUT2D eigenvalue weighted by Crippen LogP contribution is 2.27. The standard InChI is InChI=1S/C15H14FNO3S/c1-9-8-21-14(15(19)20)13(9)17-12(18)7-4-10-2-5-11(16)6-3-10/h2-3,5-6,8H,4,7H2,1H3,(H,17,18)(H,19,20). The maximum absolute atomic E-state index is 12.8. The number of benzene rings is 1. The fourth-order valence-corrected chi connectivity index (χ4v) is 2.71. The highest BCUT2D eigenvalue weighted by atomic mass is 32.1. The number of halogens is 1. The quantitative estimate of drug-likeness (QED) is 0.889. The Hall–Kier alpha value is -2.21. The molecule has 0 aliphatic heterocycles. The fraction of sp³-hybridized carbons (Fsp3) is 0.200. The van der Waals surface area contributed by atoms with Gasteiger partial charge in [0.2, 0.25) is 5.91 Å². The molecule has 1 amide bonds. The molecule has 0 atom stereocenters. The number of nitrogens with one attached hydrogen (secondary N) is 1. The van der Waals surface area contributed by atoms with Crippen molar-refractivity contribution in [2.45, 2.75) is 19.8 Å². The molecule has 0 aliphatic carbocycles. The van der Waals surface area contributed by atoms with Crippen molar-refractivity contribution in [2.24, 2.45) is 0 Å². The van der Waals surface area contributed by atoms with Gasteiger partial charge in [0, 0.05) is 6.42 Å².